The smallest absolute Gasteiger partial charge is 0.134 e. The molecule has 2 nitrogen and oxygen atoms in total. The number of nitrogens with two attached hydrogens (primary N) is 1. The Kier molecular flexibility index (Phi) is 3.76. The molecule has 90 valence electrons. The molecule has 0 aliphatic heterocycles. The zero-order valence-corrected chi connectivity index (χ0v) is 10.3. The lowest BCUT2D eigenvalue weighted by molar-refractivity contribution is 0.408. The summed E-state index contributed by atoms with van der Waals surface area (Å²) in [5, 5.41) is 1.93. The molecule has 0 aliphatic carbocycles. The van der Waals surface area contributed by atoms with Crippen molar-refractivity contribution in [1.29, 1.82) is 0 Å². The van der Waals surface area contributed by atoms with Gasteiger partial charge in [-0.15, -0.1) is 11.3 Å². The van der Waals surface area contributed by atoms with Crippen molar-refractivity contribution in [1.82, 2.24) is 0 Å². The van der Waals surface area contributed by atoms with Gasteiger partial charge in [0.15, 0.2) is 0 Å². The summed E-state index contributed by atoms with van der Waals surface area (Å²) in [5.74, 6) is 0.567. The minimum atomic E-state index is -0.234. The van der Waals surface area contributed by atoms with Crippen LogP contribution in [0.4, 0.5) is 4.39 Å². The number of benzene rings is 1. The second kappa shape index (κ2) is 5.29. The lowest BCUT2D eigenvalue weighted by Gasteiger charge is -2.12. The van der Waals surface area contributed by atoms with Crippen LogP contribution in [0.25, 0.3) is 0 Å². The molecular weight excluding hydrogens is 237 g/mol. The zero-order valence-electron chi connectivity index (χ0n) is 9.52. The molecule has 17 heavy (non-hydrogen) atoms. The third kappa shape index (κ3) is 2.65. The molecule has 0 bridgehead atoms. The first kappa shape index (κ1) is 12.1. The van der Waals surface area contributed by atoms with E-state index in [0.29, 0.717) is 12.0 Å². The van der Waals surface area contributed by atoms with Crippen LogP contribution in [0.2, 0.25) is 0 Å². The molecule has 1 atom stereocenters. The Morgan fingerprint density at radius 1 is 1.35 bits per heavy atom. The second-order valence-corrected chi connectivity index (χ2v) is 4.70. The Labute approximate surface area is 104 Å². The van der Waals surface area contributed by atoms with Crippen molar-refractivity contribution in [2.75, 3.05) is 7.11 Å². The maximum Gasteiger partial charge on any atom is 0.134 e. The highest BCUT2D eigenvalue weighted by Crippen LogP contribution is 2.31. The number of hydrogen-bond acceptors (Lipinski definition) is 3. The topological polar surface area (TPSA) is 35.2 Å². The maximum absolute atomic E-state index is 13.5. The van der Waals surface area contributed by atoms with Crippen molar-refractivity contribution >= 4 is 11.3 Å². The summed E-state index contributed by atoms with van der Waals surface area (Å²) >= 11 is 1.53. The predicted molar refractivity (Wildman–Crippen MR) is 67.9 cm³/mol. The maximum atomic E-state index is 13.5. The normalized spacial score (nSPS) is 12.4. The number of ether oxygens (including phenoxy) is 1. The van der Waals surface area contributed by atoms with Gasteiger partial charge in [-0.3, -0.25) is 0 Å². The number of methoxy groups -OCH3 is 1. The molecule has 0 aliphatic rings. The van der Waals surface area contributed by atoms with Crippen LogP contribution in [-0.2, 0) is 6.42 Å². The Balaban J connectivity index is 2.17. The lowest BCUT2D eigenvalue weighted by Crippen LogP contribution is -2.13. The van der Waals surface area contributed by atoms with E-state index in [4.69, 9.17) is 10.5 Å². The highest BCUT2D eigenvalue weighted by molar-refractivity contribution is 7.10. The quantitative estimate of drug-likeness (QED) is 0.906. The monoisotopic (exact) mass is 251 g/mol. The summed E-state index contributed by atoms with van der Waals surface area (Å²) in [4.78, 5) is 0.954. The molecule has 0 radical (unpaired) electrons. The first-order chi connectivity index (χ1) is 8.22. The van der Waals surface area contributed by atoms with Crippen molar-refractivity contribution < 1.29 is 9.13 Å². The van der Waals surface area contributed by atoms with E-state index < -0.39 is 0 Å². The summed E-state index contributed by atoms with van der Waals surface area (Å²) in [5.41, 5.74) is 6.72. The van der Waals surface area contributed by atoms with Gasteiger partial charge >= 0.3 is 0 Å². The highest BCUT2D eigenvalue weighted by Gasteiger charge is 2.15. The fraction of sp³-hybridized carbons (Fsp3) is 0.231. The van der Waals surface area contributed by atoms with Crippen LogP contribution in [0, 0.1) is 5.82 Å². The molecule has 0 amide bonds. The lowest BCUT2D eigenvalue weighted by atomic mass is 10.0. The average Bonchev–Trinajstić information content (AvgIpc) is 2.80. The minimum absolute atomic E-state index is 0.210. The van der Waals surface area contributed by atoms with Gasteiger partial charge in [0.1, 0.15) is 11.6 Å². The number of halogens is 1. The Hall–Kier alpha value is -1.39. The summed E-state index contributed by atoms with van der Waals surface area (Å²) in [6.07, 6.45) is 0.476. The van der Waals surface area contributed by atoms with E-state index in [1.54, 1.807) is 19.2 Å². The van der Waals surface area contributed by atoms with Gasteiger partial charge in [-0.1, -0.05) is 18.2 Å². The molecule has 1 aromatic heterocycles. The van der Waals surface area contributed by atoms with Gasteiger partial charge in [-0.2, -0.15) is 0 Å². The van der Waals surface area contributed by atoms with Gasteiger partial charge in [0.2, 0.25) is 0 Å². The zero-order chi connectivity index (χ0) is 12.3. The molecule has 1 heterocycles. The highest BCUT2D eigenvalue weighted by atomic mass is 32.1. The van der Waals surface area contributed by atoms with Gasteiger partial charge in [-0.05, 0) is 29.5 Å². The number of hydrogen-bond donors (Lipinski definition) is 1. The van der Waals surface area contributed by atoms with Crippen LogP contribution in [-0.4, -0.2) is 7.11 Å². The van der Waals surface area contributed by atoms with E-state index >= 15 is 0 Å². The van der Waals surface area contributed by atoms with Crippen LogP contribution >= 0.6 is 11.3 Å². The van der Waals surface area contributed by atoms with Crippen LogP contribution in [0.3, 0.4) is 0 Å². The van der Waals surface area contributed by atoms with Crippen molar-refractivity contribution in [3.05, 3.63) is 52.0 Å². The molecule has 2 N–H and O–H groups in total. The van der Waals surface area contributed by atoms with Crippen LogP contribution in [0.5, 0.6) is 5.75 Å². The van der Waals surface area contributed by atoms with Gasteiger partial charge < -0.3 is 10.5 Å². The first-order valence-electron chi connectivity index (χ1n) is 5.32. The van der Waals surface area contributed by atoms with Gasteiger partial charge in [0, 0.05) is 6.04 Å². The van der Waals surface area contributed by atoms with Crippen molar-refractivity contribution in [3.63, 3.8) is 0 Å². The summed E-state index contributed by atoms with van der Waals surface area (Å²) in [7, 11) is 1.61. The predicted octanol–water partition coefficient (Wildman–Crippen LogP) is 3.14. The Morgan fingerprint density at radius 3 is 2.82 bits per heavy atom. The van der Waals surface area contributed by atoms with Gasteiger partial charge in [0.05, 0.1) is 12.0 Å². The molecule has 0 spiro atoms. The first-order valence-corrected chi connectivity index (χ1v) is 6.20. The van der Waals surface area contributed by atoms with E-state index in [1.807, 2.05) is 17.5 Å². The number of thiophene rings is 1. The third-order valence-corrected chi connectivity index (χ3v) is 3.64. The Morgan fingerprint density at radius 2 is 2.12 bits per heavy atom. The summed E-state index contributed by atoms with van der Waals surface area (Å²) < 4.78 is 18.7. The molecule has 0 saturated carbocycles. The molecule has 4 heteroatoms. The van der Waals surface area contributed by atoms with E-state index in [9.17, 15) is 4.39 Å². The fourth-order valence-electron chi connectivity index (χ4n) is 1.74. The molecule has 0 fully saturated rings. The minimum Gasteiger partial charge on any atom is -0.496 e. The van der Waals surface area contributed by atoms with Gasteiger partial charge in [-0.25, -0.2) is 4.39 Å². The van der Waals surface area contributed by atoms with E-state index in [2.05, 4.69) is 0 Å². The largest absolute Gasteiger partial charge is 0.496 e. The third-order valence-electron chi connectivity index (χ3n) is 2.61. The van der Waals surface area contributed by atoms with E-state index in [0.717, 1.165) is 10.6 Å². The molecule has 2 rings (SSSR count). The Bertz CT molecular complexity index is 498. The molecule has 1 aromatic carbocycles. The molecule has 2 aromatic rings. The van der Waals surface area contributed by atoms with Crippen LogP contribution in [0.1, 0.15) is 16.5 Å². The van der Waals surface area contributed by atoms with E-state index in [1.165, 1.54) is 17.4 Å². The van der Waals surface area contributed by atoms with Crippen LogP contribution < -0.4 is 10.5 Å². The molecular formula is C13H14FNOS. The number of rotatable bonds is 4. The van der Waals surface area contributed by atoms with Crippen molar-refractivity contribution in [2.45, 2.75) is 12.5 Å². The fourth-order valence-corrected chi connectivity index (χ4v) is 2.61. The summed E-state index contributed by atoms with van der Waals surface area (Å²) in [6, 6.07) is 8.35. The molecule has 0 saturated heterocycles. The molecule has 1 unspecified atom stereocenters. The van der Waals surface area contributed by atoms with Crippen LogP contribution in [0.15, 0.2) is 35.7 Å². The van der Waals surface area contributed by atoms with Crippen molar-refractivity contribution in [2.24, 2.45) is 5.73 Å². The standard InChI is InChI=1S/C13H14FNOS/c1-16-12-6-7-17-13(12)11(15)8-9-4-2-3-5-10(9)14/h2-7,11H,8,15H2,1H3. The SMILES string of the molecule is COc1ccsc1C(N)Cc1ccccc1F. The van der Waals surface area contributed by atoms with E-state index in [-0.39, 0.29) is 11.9 Å². The second-order valence-electron chi connectivity index (χ2n) is 3.76. The van der Waals surface area contributed by atoms with Gasteiger partial charge in [0.25, 0.3) is 0 Å². The van der Waals surface area contributed by atoms with Crippen molar-refractivity contribution in [3.8, 4) is 5.75 Å². The average molecular weight is 251 g/mol. The summed E-state index contributed by atoms with van der Waals surface area (Å²) in [6.45, 7) is 0.